The molecule has 2 aliphatic rings. The van der Waals surface area contributed by atoms with Gasteiger partial charge in [0.15, 0.2) is 5.60 Å². The lowest BCUT2D eigenvalue weighted by Crippen LogP contribution is -2.56. The van der Waals surface area contributed by atoms with Crippen LogP contribution in [-0.2, 0) is 10.0 Å². The lowest BCUT2D eigenvalue weighted by molar-refractivity contribution is -0.258. The van der Waals surface area contributed by atoms with E-state index in [0.717, 1.165) is 6.92 Å². The Hall–Kier alpha value is -0.380. The van der Waals surface area contributed by atoms with Crippen molar-refractivity contribution >= 4 is 10.0 Å². The van der Waals surface area contributed by atoms with Crippen LogP contribution in [0.5, 0.6) is 0 Å². The van der Waals surface area contributed by atoms with Gasteiger partial charge in [-0.3, -0.25) is 4.90 Å². The highest BCUT2D eigenvalue weighted by Crippen LogP contribution is 2.32. The van der Waals surface area contributed by atoms with E-state index >= 15 is 0 Å². The third kappa shape index (κ3) is 3.69. The van der Waals surface area contributed by atoms with Gasteiger partial charge in [0.1, 0.15) is 0 Å². The minimum atomic E-state index is -4.69. The number of hydrogen-bond acceptors (Lipinski definition) is 4. The number of alkyl halides is 3. The number of hydrogen-bond donors (Lipinski definition) is 1. The second-order valence-electron chi connectivity index (χ2n) is 6.08. The molecule has 5 nitrogen and oxygen atoms in total. The number of aliphatic hydroxyl groups is 1. The third-order valence-corrected chi connectivity index (χ3v) is 6.17. The van der Waals surface area contributed by atoms with Crippen molar-refractivity contribution in [3.63, 3.8) is 0 Å². The molecular weight excluding hydrogens is 309 g/mol. The topological polar surface area (TPSA) is 60.9 Å². The van der Waals surface area contributed by atoms with Gasteiger partial charge in [-0.25, -0.2) is 8.42 Å². The van der Waals surface area contributed by atoms with Crippen LogP contribution < -0.4 is 0 Å². The van der Waals surface area contributed by atoms with Crippen molar-refractivity contribution in [2.45, 2.75) is 44.0 Å². The van der Waals surface area contributed by atoms with E-state index in [9.17, 15) is 26.7 Å². The molecule has 2 rings (SSSR count). The molecule has 0 spiro atoms. The van der Waals surface area contributed by atoms with Gasteiger partial charge in [-0.05, 0) is 32.7 Å². The van der Waals surface area contributed by atoms with Crippen molar-refractivity contribution in [2.75, 3.05) is 31.9 Å². The van der Waals surface area contributed by atoms with Crippen LogP contribution in [0.25, 0.3) is 0 Å². The molecule has 0 aromatic rings. The highest BCUT2D eigenvalue weighted by molar-refractivity contribution is 7.89. The van der Waals surface area contributed by atoms with Crippen LogP contribution in [0.1, 0.15) is 26.2 Å². The molecule has 2 aliphatic heterocycles. The summed E-state index contributed by atoms with van der Waals surface area (Å²) in [4.78, 5) is 1.51. The molecule has 2 heterocycles. The summed E-state index contributed by atoms with van der Waals surface area (Å²) in [7, 11) is -3.26. The van der Waals surface area contributed by atoms with Crippen LogP contribution >= 0.6 is 0 Å². The number of β-amino-alcohol motifs (C(OH)–C–C–N with tert-alkyl or cyclic N) is 1. The predicted octanol–water partition coefficient (Wildman–Crippen LogP) is 0.800. The van der Waals surface area contributed by atoms with Crippen molar-refractivity contribution < 1.29 is 26.7 Å². The standard InChI is InChI=1S/C12H21F3N2O3S/c1-11(18,12(13,14)15)9-16-5-2-4-10(8-16)17-6-3-7-21(17,19)20/h10,18H,2-9H2,1H3. The number of likely N-dealkylation sites (tertiary alicyclic amines) is 1. The maximum Gasteiger partial charge on any atom is 0.418 e. The van der Waals surface area contributed by atoms with E-state index in [4.69, 9.17) is 0 Å². The zero-order valence-corrected chi connectivity index (χ0v) is 12.8. The normalized spacial score (nSPS) is 31.2. The fourth-order valence-corrected chi connectivity index (χ4v) is 4.77. The van der Waals surface area contributed by atoms with Crippen molar-refractivity contribution in [1.29, 1.82) is 0 Å². The minimum absolute atomic E-state index is 0.115. The van der Waals surface area contributed by atoms with Gasteiger partial charge < -0.3 is 5.11 Å². The Morgan fingerprint density at radius 2 is 1.90 bits per heavy atom. The fourth-order valence-electron chi connectivity index (χ4n) is 3.00. The number of rotatable bonds is 3. The van der Waals surface area contributed by atoms with Gasteiger partial charge in [0, 0.05) is 25.7 Å². The molecule has 0 aliphatic carbocycles. The third-order valence-electron chi connectivity index (χ3n) is 4.17. The van der Waals surface area contributed by atoms with E-state index < -0.39 is 28.3 Å². The summed E-state index contributed by atoms with van der Waals surface area (Å²) in [5.74, 6) is 0.115. The van der Waals surface area contributed by atoms with E-state index in [2.05, 4.69) is 0 Å². The molecule has 0 bridgehead atoms. The monoisotopic (exact) mass is 330 g/mol. The van der Waals surface area contributed by atoms with Crippen LogP contribution in [0.15, 0.2) is 0 Å². The molecule has 1 N–H and O–H groups in total. The molecule has 9 heteroatoms. The second-order valence-corrected chi connectivity index (χ2v) is 8.12. The SMILES string of the molecule is CC(O)(CN1CCCC(N2CCCS2(=O)=O)C1)C(F)(F)F. The van der Waals surface area contributed by atoms with Gasteiger partial charge in [0.25, 0.3) is 0 Å². The molecule has 2 unspecified atom stereocenters. The van der Waals surface area contributed by atoms with Gasteiger partial charge in [0.05, 0.1) is 5.75 Å². The Balaban J connectivity index is 2.02. The molecule has 2 atom stereocenters. The van der Waals surface area contributed by atoms with Crippen LogP contribution in [0.3, 0.4) is 0 Å². The summed E-state index contributed by atoms with van der Waals surface area (Å²) in [6.07, 6.45) is -2.84. The van der Waals surface area contributed by atoms with Crippen molar-refractivity contribution in [2.24, 2.45) is 0 Å². The first kappa shape index (κ1) is 17.0. The minimum Gasteiger partial charge on any atom is -0.380 e. The van der Waals surface area contributed by atoms with E-state index in [1.807, 2.05) is 0 Å². The molecule has 2 fully saturated rings. The number of nitrogens with zero attached hydrogens (tertiary/aromatic N) is 2. The van der Waals surface area contributed by atoms with Gasteiger partial charge in [-0.1, -0.05) is 0 Å². The molecule has 21 heavy (non-hydrogen) atoms. The lowest BCUT2D eigenvalue weighted by atomic mass is 10.0. The summed E-state index contributed by atoms with van der Waals surface area (Å²) in [5.41, 5.74) is -2.78. The van der Waals surface area contributed by atoms with Gasteiger partial charge >= 0.3 is 6.18 Å². The smallest absolute Gasteiger partial charge is 0.380 e. The molecule has 0 aromatic carbocycles. The second kappa shape index (κ2) is 5.68. The van der Waals surface area contributed by atoms with Crippen molar-refractivity contribution in [1.82, 2.24) is 9.21 Å². The van der Waals surface area contributed by atoms with Gasteiger partial charge in [-0.2, -0.15) is 17.5 Å². The van der Waals surface area contributed by atoms with Gasteiger partial charge in [-0.15, -0.1) is 0 Å². The molecule has 0 radical (unpaired) electrons. The number of sulfonamides is 1. The van der Waals surface area contributed by atoms with Crippen molar-refractivity contribution in [3.05, 3.63) is 0 Å². The zero-order valence-electron chi connectivity index (χ0n) is 11.9. The molecule has 2 saturated heterocycles. The first-order valence-corrected chi connectivity index (χ1v) is 8.65. The Bertz CT molecular complexity index is 479. The molecule has 0 aromatic heterocycles. The number of halogens is 3. The van der Waals surface area contributed by atoms with E-state index in [1.54, 1.807) is 0 Å². The zero-order chi connectivity index (χ0) is 15.9. The van der Waals surface area contributed by atoms with E-state index in [-0.39, 0.29) is 18.3 Å². The summed E-state index contributed by atoms with van der Waals surface area (Å²) >= 11 is 0. The average Bonchev–Trinajstić information content (AvgIpc) is 2.67. The number of piperidine rings is 1. The van der Waals surface area contributed by atoms with Crippen LogP contribution in [0, 0.1) is 0 Å². The first-order chi connectivity index (χ1) is 9.53. The van der Waals surface area contributed by atoms with Gasteiger partial charge in [0.2, 0.25) is 10.0 Å². The van der Waals surface area contributed by atoms with Crippen molar-refractivity contribution in [3.8, 4) is 0 Å². The maximum atomic E-state index is 12.7. The highest BCUT2D eigenvalue weighted by atomic mass is 32.2. The summed E-state index contributed by atoms with van der Waals surface area (Å²) in [6, 6.07) is -0.282. The maximum absolute atomic E-state index is 12.7. The quantitative estimate of drug-likeness (QED) is 0.831. The molecule has 124 valence electrons. The summed E-state index contributed by atoms with van der Waals surface area (Å²) in [5, 5.41) is 9.56. The summed E-state index contributed by atoms with van der Waals surface area (Å²) < 4.78 is 63.4. The Labute approximate surface area is 122 Å². The average molecular weight is 330 g/mol. The first-order valence-electron chi connectivity index (χ1n) is 7.04. The Kier molecular flexibility index (Phi) is 4.59. The Morgan fingerprint density at radius 1 is 1.24 bits per heavy atom. The molecule has 0 amide bonds. The van der Waals surface area contributed by atoms with Crippen LogP contribution in [-0.4, -0.2) is 72.5 Å². The van der Waals surface area contributed by atoms with Crippen LogP contribution in [0.4, 0.5) is 13.2 Å². The van der Waals surface area contributed by atoms with Crippen LogP contribution in [0.2, 0.25) is 0 Å². The van der Waals surface area contributed by atoms with E-state index in [1.165, 1.54) is 9.21 Å². The predicted molar refractivity (Wildman–Crippen MR) is 71.3 cm³/mol. The highest BCUT2D eigenvalue weighted by Gasteiger charge is 2.51. The van der Waals surface area contributed by atoms with E-state index in [0.29, 0.717) is 32.4 Å². The Morgan fingerprint density at radius 3 is 2.43 bits per heavy atom. The lowest BCUT2D eigenvalue weighted by Gasteiger charge is -2.40. The largest absolute Gasteiger partial charge is 0.418 e. The summed E-state index contributed by atoms with van der Waals surface area (Å²) in [6.45, 7) is 1.35. The fraction of sp³-hybridized carbons (Fsp3) is 1.00. The molecule has 0 saturated carbocycles. The molecular formula is C12H21F3N2O3S.